The smallest absolute Gasteiger partial charge is 0.0815 e. The maximum absolute atomic E-state index is 10.3. The third-order valence-corrected chi connectivity index (χ3v) is 3.84. The first kappa shape index (κ1) is 12.3. The molecule has 4 nitrogen and oxygen atoms in total. The van der Waals surface area contributed by atoms with Gasteiger partial charge in [0.1, 0.15) is 0 Å². The highest BCUT2D eigenvalue weighted by molar-refractivity contribution is 4.86. The maximum atomic E-state index is 10.3. The van der Waals surface area contributed by atoms with E-state index in [2.05, 4.69) is 5.32 Å². The Morgan fingerprint density at radius 2 is 1.75 bits per heavy atom. The van der Waals surface area contributed by atoms with Crippen molar-refractivity contribution >= 4 is 0 Å². The number of aliphatic hydroxyl groups is 2. The predicted octanol–water partition coefficient (Wildman–Crippen LogP) is 0.421. The minimum atomic E-state index is -0.575. The minimum Gasteiger partial charge on any atom is -0.393 e. The van der Waals surface area contributed by atoms with Gasteiger partial charge in [-0.25, -0.2) is 0 Å². The second-order valence-electron chi connectivity index (χ2n) is 5.22. The van der Waals surface area contributed by atoms with E-state index in [1.807, 2.05) is 0 Å². The maximum Gasteiger partial charge on any atom is 0.0815 e. The molecule has 0 spiro atoms. The van der Waals surface area contributed by atoms with Gasteiger partial charge in [0, 0.05) is 38.6 Å². The summed E-state index contributed by atoms with van der Waals surface area (Å²) in [6.07, 6.45) is 5.18. The lowest BCUT2D eigenvalue weighted by atomic mass is 9.90. The second-order valence-corrected chi connectivity index (χ2v) is 5.22. The van der Waals surface area contributed by atoms with Crippen LogP contribution in [-0.4, -0.2) is 47.7 Å². The molecule has 0 amide bonds. The van der Waals surface area contributed by atoms with Crippen LogP contribution in [0.4, 0.5) is 0 Å². The van der Waals surface area contributed by atoms with E-state index in [0.717, 1.165) is 38.5 Å². The summed E-state index contributed by atoms with van der Waals surface area (Å²) < 4.78 is 5.25. The van der Waals surface area contributed by atoms with Gasteiger partial charge < -0.3 is 20.3 Å². The van der Waals surface area contributed by atoms with Crippen LogP contribution >= 0.6 is 0 Å². The Kier molecular flexibility index (Phi) is 4.19. The van der Waals surface area contributed by atoms with E-state index < -0.39 is 5.60 Å². The fraction of sp³-hybridized carbons (Fsp3) is 1.00. The highest BCUT2D eigenvalue weighted by Gasteiger charge is 2.30. The first-order valence-electron chi connectivity index (χ1n) is 6.40. The first-order valence-corrected chi connectivity index (χ1v) is 6.40. The van der Waals surface area contributed by atoms with Crippen LogP contribution in [0.1, 0.15) is 38.5 Å². The lowest BCUT2D eigenvalue weighted by Gasteiger charge is -2.35. The summed E-state index contributed by atoms with van der Waals surface area (Å²) >= 11 is 0. The fourth-order valence-electron chi connectivity index (χ4n) is 2.54. The van der Waals surface area contributed by atoms with Crippen molar-refractivity contribution in [3.05, 3.63) is 0 Å². The van der Waals surface area contributed by atoms with Crippen LogP contribution in [-0.2, 0) is 4.74 Å². The summed E-state index contributed by atoms with van der Waals surface area (Å²) in [5, 5.41) is 23.1. The lowest BCUT2D eigenvalue weighted by molar-refractivity contribution is -0.0635. The van der Waals surface area contributed by atoms with Crippen molar-refractivity contribution in [3.63, 3.8) is 0 Å². The minimum absolute atomic E-state index is 0.107. The zero-order chi connectivity index (χ0) is 11.4. The number of aliphatic hydroxyl groups excluding tert-OH is 1. The SMILES string of the molecule is OC1CCC(NCC2(O)CCOCC2)CC1. The summed E-state index contributed by atoms with van der Waals surface area (Å²) in [6.45, 7) is 2.00. The van der Waals surface area contributed by atoms with E-state index in [0.29, 0.717) is 25.8 Å². The molecule has 0 aromatic carbocycles. The highest BCUT2D eigenvalue weighted by atomic mass is 16.5. The third kappa shape index (κ3) is 3.42. The average molecular weight is 229 g/mol. The predicted molar refractivity (Wildman–Crippen MR) is 61.3 cm³/mol. The standard InChI is InChI=1S/C12H23NO3/c14-11-3-1-10(2-4-11)13-9-12(15)5-7-16-8-6-12/h10-11,13-15H,1-9H2. The van der Waals surface area contributed by atoms with Crippen LogP contribution in [0.3, 0.4) is 0 Å². The van der Waals surface area contributed by atoms with Crippen LogP contribution in [0.2, 0.25) is 0 Å². The topological polar surface area (TPSA) is 61.7 Å². The zero-order valence-corrected chi connectivity index (χ0v) is 9.82. The molecule has 16 heavy (non-hydrogen) atoms. The molecule has 1 saturated heterocycles. The molecule has 2 aliphatic rings. The summed E-state index contributed by atoms with van der Waals surface area (Å²) in [5.74, 6) is 0. The van der Waals surface area contributed by atoms with Crippen molar-refractivity contribution in [1.29, 1.82) is 0 Å². The molecule has 0 bridgehead atoms. The molecule has 0 atom stereocenters. The highest BCUT2D eigenvalue weighted by Crippen LogP contribution is 2.22. The van der Waals surface area contributed by atoms with Gasteiger partial charge in [0.2, 0.25) is 0 Å². The summed E-state index contributed by atoms with van der Waals surface area (Å²) in [5.41, 5.74) is -0.575. The third-order valence-electron chi connectivity index (χ3n) is 3.84. The molecule has 0 unspecified atom stereocenters. The summed E-state index contributed by atoms with van der Waals surface area (Å²) in [4.78, 5) is 0. The molecule has 3 N–H and O–H groups in total. The van der Waals surface area contributed by atoms with Gasteiger partial charge in [0.05, 0.1) is 11.7 Å². The van der Waals surface area contributed by atoms with Gasteiger partial charge in [0.25, 0.3) is 0 Å². The van der Waals surface area contributed by atoms with E-state index in [1.54, 1.807) is 0 Å². The van der Waals surface area contributed by atoms with Crippen LogP contribution in [0.25, 0.3) is 0 Å². The fourth-order valence-corrected chi connectivity index (χ4v) is 2.54. The van der Waals surface area contributed by atoms with Crippen molar-refractivity contribution in [2.75, 3.05) is 19.8 Å². The molecule has 4 heteroatoms. The molecular weight excluding hydrogens is 206 g/mol. The Balaban J connectivity index is 1.70. The molecule has 94 valence electrons. The molecule has 0 aromatic rings. The Labute approximate surface area is 97.0 Å². The lowest BCUT2D eigenvalue weighted by Crippen LogP contribution is -2.48. The van der Waals surface area contributed by atoms with Crippen molar-refractivity contribution in [2.24, 2.45) is 0 Å². The first-order chi connectivity index (χ1) is 7.68. The van der Waals surface area contributed by atoms with Gasteiger partial charge in [0.15, 0.2) is 0 Å². The molecule has 2 fully saturated rings. The molecule has 0 radical (unpaired) electrons. The monoisotopic (exact) mass is 229 g/mol. The van der Waals surface area contributed by atoms with Crippen LogP contribution in [0.15, 0.2) is 0 Å². The summed E-state index contributed by atoms with van der Waals surface area (Å²) in [7, 11) is 0. The number of ether oxygens (including phenoxy) is 1. The number of hydrogen-bond donors (Lipinski definition) is 3. The Hall–Kier alpha value is -0.160. The van der Waals surface area contributed by atoms with E-state index in [-0.39, 0.29) is 6.10 Å². The van der Waals surface area contributed by atoms with Crippen molar-refractivity contribution in [2.45, 2.75) is 56.3 Å². The number of nitrogens with one attached hydrogen (secondary N) is 1. The van der Waals surface area contributed by atoms with Crippen LogP contribution in [0, 0.1) is 0 Å². The average Bonchev–Trinajstić information content (AvgIpc) is 2.29. The Morgan fingerprint density at radius 1 is 1.12 bits per heavy atom. The second kappa shape index (κ2) is 5.45. The van der Waals surface area contributed by atoms with Crippen molar-refractivity contribution in [3.8, 4) is 0 Å². The Morgan fingerprint density at radius 3 is 2.38 bits per heavy atom. The zero-order valence-electron chi connectivity index (χ0n) is 9.82. The molecule has 1 aliphatic carbocycles. The van der Waals surface area contributed by atoms with Crippen molar-refractivity contribution < 1.29 is 14.9 Å². The van der Waals surface area contributed by atoms with Crippen molar-refractivity contribution in [1.82, 2.24) is 5.32 Å². The van der Waals surface area contributed by atoms with Gasteiger partial charge in [-0.3, -0.25) is 0 Å². The molecule has 2 rings (SSSR count). The van der Waals surface area contributed by atoms with E-state index in [9.17, 15) is 10.2 Å². The largest absolute Gasteiger partial charge is 0.393 e. The van der Waals surface area contributed by atoms with Crippen LogP contribution in [0.5, 0.6) is 0 Å². The quantitative estimate of drug-likeness (QED) is 0.656. The van der Waals surface area contributed by atoms with Crippen LogP contribution < -0.4 is 5.32 Å². The van der Waals surface area contributed by atoms with Gasteiger partial charge in [-0.1, -0.05) is 0 Å². The molecular formula is C12H23NO3. The number of rotatable bonds is 3. The molecule has 1 saturated carbocycles. The van der Waals surface area contributed by atoms with E-state index in [1.165, 1.54) is 0 Å². The molecule has 1 heterocycles. The normalized spacial score (nSPS) is 34.9. The van der Waals surface area contributed by atoms with E-state index >= 15 is 0 Å². The Bertz CT molecular complexity index is 208. The van der Waals surface area contributed by atoms with Gasteiger partial charge in [-0.05, 0) is 25.7 Å². The number of hydrogen-bond acceptors (Lipinski definition) is 4. The van der Waals surface area contributed by atoms with Gasteiger partial charge in [-0.15, -0.1) is 0 Å². The molecule has 1 aliphatic heterocycles. The van der Waals surface area contributed by atoms with Gasteiger partial charge in [-0.2, -0.15) is 0 Å². The summed E-state index contributed by atoms with van der Waals surface area (Å²) in [6, 6.07) is 0.468. The molecule has 0 aromatic heterocycles. The van der Waals surface area contributed by atoms with Gasteiger partial charge >= 0.3 is 0 Å². The van der Waals surface area contributed by atoms with E-state index in [4.69, 9.17) is 4.74 Å².